The number of benzene rings is 2. The largest absolute Gasteiger partial charge is 0.861 e. The zero-order valence-corrected chi connectivity index (χ0v) is 24.7. The lowest BCUT2D eigenvalue weighted by Gasteiger charge is -2.37. The Morgan fingerprint density at radius 1 is 1.10 bits per heavy atom. The molecule has 2 heterocycles. The zero-order valence-electron chi connectivity index (χ0n) is 23.9. The van der Waals surface area contributed by atoms with Gasteiger partial charge in [-0.1, -0.05) is 36.4 Å². The van der Waals surface area contributed by atoms with E-state index >= 15 is 0 Å². The van der Waals surface area contributed by atoms with Crippen molar-refractivity contribution < 1.29 is 23.1 Å². The number of rotatable bonds is 8. The van der Waals surface area contributed by atoms with E-state index in [-0.39, 0.29) is 19.6 Å². The van der Waals surface area contributed by atoms with E-state index in [1.54, 1.807) is 13.2 Å². The molecule has 1 aliphatic heterocycles. The van der Waals surface area contributed by atoms with Gasteiger partial charge < -0.3 is 14.7 Å². The molecule has 1 saturated heterocycles. The molecule has 6 rings (SSSR count). The third kappa shape index (κ3) is 5.88. The van der Waals surface area contributed by atoms with Crippen LogP contribution in [-0.2, 0) is 60.7 Å². The molecule has 3 aliphatic rings. The number of carbonyl (C=O) groups excluding carboxylic acids is 1. The maximum atomic E-state index is 13.9. The molecular weight excluding hydrogens is 554 g/mol. The average Bonchev–Trinajstić information content (AvgIpc) is 3.73. The SMILES string of the molecule is Cn1cc(N(C2CCCN(C(=O)OCc3ccccc3)C2)S(=O)(=O)/N=C(\[O-])Cc2c3c(cc4c2CCC4)CCC3)cn1. The zero-order chi connectivity index (χ0) is 29.3. The second-order valence-corrected chi connectivity index (χ2v) is 12.9. The molecule has 0 saturated carbocycles. The molecule has 1 fully saturated rings. The Hall–Kier alpha value is -3.86. The maximum absolute atomic E-state index is 13.9. The van der Waals surface area contributed by atoms with Crippen molar-refractivity contribution in [2.75, 3.05) is 17.4 Å². The lowest BCUT2D eigenvalue weighted by atomic mass is 9.92. The van der Waals surface area contributed by atoms with Crippen molar-refractivity contribution in [2.45, 2.75) is 70.4 Å². The van der Waals surface area contributed by atoms with Crippen LogP contribution in [0.5, 0.6) is 0 Å². The number of carbonyl (C=O) groups is 1. The monoisotopic (exact) mass is 590 g/mol. The van der Waals surface area contributed by atoms with Crippen molar-refractivity contribution in [2.24, 2.45) is 11.4 Å². The summed E-state index contributed by atoms with van der Waals surface area (Å²) in [5, 5.41) is 17.5. The van der Waals surface area contributed by atoms with Gasteiger partial charge in [-0.05, 0) is 90.6 Å². The first-order valence-electron chi connectivity index (χ1n) is 14.7. The van der Waals surface area contributed by atoms with Gasteiger partial charge in [0.1, 0.15) is 6.61 Å². The minimum absolute atomic E-state index is 0.0196. The van der Waals surface area contributed by atoms with Crippen LogP contribution in [0, 0.1) is 0 Å². The molecule has 10 nitrogen and oxygen atoms in total. The van der Waals surface area contributed by atoms with Crippen LogP contribution in [0.4, 0.5) is 10.5 Å². The first kappa shape index (κ1) is 28.3. The van der Waals surface area contributed by atoms with Gasteiger partial charge in [-0.25, -0.2) is 9.10 Å². The van der Waals surface area contributed by atoms with Gasteiger partial charge in [-0.15, -0.1) is 0 Å². The van der Waals surface area contributed by atoms with Crippen LogP contribution >= 0.6 is 0 Å². The van der Waals surface area contributed by atoms with E-state index in [0.29, 0.717) is 25.1 Å². The van der Waals surface area contributed by atoms with Crippen LogP contribution < -0.4 is 9.41 Å². The van der Waals surface area contributed by atoms with Gasteiger partial charge >= 0.3 is 16.3 Å². The van der Waals surface area contributed by atoms with Crippen molar-refractivity contribution >= 4 is 27.9 Å². The summed E-state index contributed by atoms with van der Waals surface area (Å²) in [6.45, 7) is 0.693. The number of fused-ring (bicyclic) bond motifs is 2. The molecule has 42 heavy (non-hydrogen) atoms. The molecular formula is C31H36N5O5S-. The van der Waals surface area contributed by atoms with Crippen LogP contribution in [0.1, 0.15) is 59.1 Å². The summed E-state index contributed by atoms with van der Waals surface area (Å²) >= 11 is 0. The minimum Gasteiger partial charge on any atom is -0.861 e. The number of amides is 1. The van der Waals surface area contributed by atoms with Crippen LogP contribution in [0.3, 0.4) is 0 Å². The molecule has 0 bridgehead atoms. The highest BCUT2D eigenvalue weighted by Crippen LogP contribution is 2.35. The summed E-state index contributed by atoms with van der Waals surface area (Å²) in [6.07, 6.45) is 9.51. The third-order valence-corrected chi connectivity index (χ3v) is 9.97. The van der Waals surface area contributed by atoms with E-state index in [0.717, 1.165) is 54.0 Å². The standard InChI is InChI=1S/C31H37N5O5S/c1-34-19-26(18-32-34)36(25-12-7-15-35(20-25)31(38)41-21-22-8-3-2-4-9-22)42(39,40)33-30(37)17-29-27-13-5-10-23(27)16-24-11-6-14-28(24)29/h2-4,8-9,16,18-19,25H,5-7,10-15,17,20-21H2,1H3,(H,33,37)/p-1. The Balaban J connectivity index is 1.24. The number of aromatic nitrogens is 2. The van der Waals surface area contributed by atoms with Crippen molar-refractivity contribution in [3.8, 4) is 0 Å². The summed E-state index contributed by atoms with van der Waals surface area (Å²) in [5.74, 6) is -0.673. The van der Waals surface area contributed by atoms with Crippen molar-refractivity contribution in [1.82, 2.24) is 14.7 Å². The number of likely N-dealkylation sites (tertiary alicyclic amines) is 1. The van der Waals surface area contributed by atoms with Gasteiger partial charge in [0.15, 0.2) is 0 Å². The highest BCUT2D eigenvalue weighted by Gasteiger charge is 2.36. The molecule has 1 amide bonds. The number of aryl methyl sites for hydroxylation is 3. The molecule has 11 heteroatoms. The molecule has 1 atom stereocenters. The second kappa shape index (κ2) is 11.8. The van der Waals surface area contributed by atoms with Gasteiger partial charge in [0, 0.05) is 32.8 Å². The van der Waals surface area contributed by atoms with Gasteiger partial charge in [0.25, 0.3) is 0 Å². The fourth-order valence-electron chi connectivity index (χ4n) is 6.68. The summed E-state index contributed by atoms with van der Waals surface area (Å²) in [7, 11) is -2.74. The van der Waals surface area contributed by atoms with E-state index in [4.69, 9.17) is 4.74 Å². The first-order valence-corrected chi connectivity index (χ1v) is 16.1. The van der Waals surface area contributed by atoms with Crippen molar-refractivity contribution in [3.63, 3.8) is 0 Å². The molecule has 2 aromatic carbocycles. The topological polar surface area (TPSA) is 120 Å². The average molecular weight is 591 g/mol. The summed E-state index contributed by atoms with van der Waals surface area (Å²) < 4.78 is 39.8. The van der Waals surface area contributed by atoms with E-state index in [1.165, 1.54) is 38.0 Å². The smallest absolute Gasteiger partial charge is 0.410 e. The van der Waals surface area contributed by atoms with E-state index in [1.807, 2.05) is 30.3 Å². The summed E-state index contributed by atoms with van der Waals surface area (Å²) in [5.41, 5.74) is 7.15. The predicted octanol–water partition coefficient (Wildman–Crippen LogP) is 3.25. The number of piperidine rings is 1. The van der Waals surface area contributed by atoms with E-state index in [2.05, 4.69) is 15.6 Å². The van der Waals surface area contributed by atoms with Crippen LogP contribution in [-0.4, -0.2) is 54.2 Å². The first-order chi connectivity index (χ1) is 20.3. The Labute approximate surface area is 246 Å². The molecule has 1 unspecified atom stereocenters. The van der Waals surface area contributed by atoms with Gasteiger partial charge in [-0.3, -0.25) is 4.68 Å². The normalized spacial score (nSPS) is 18.5. The molecule has 0 spiro atoms. The second-order valence-electron chi connectivity index (χ2n) is 11.4. The highest BCUT2D eigenvalue weighted by atomic mass is 32.2. The number of ether oxygens (including phenoxy) is 1. The van der Waals surface area contributed by atoms with E-state index in [9.17, 15) is 18.3 Å². The fraction of sp³-hybridized carbons (Fsp3) is 0.452. The number of hydrogen-bond donors (Lipinski definition) is 0. The molecule has 1 aromatic heterocycles. The Morgan fingerprint density at radius 3 is 2.48 bits per heavy atom. The fourth-order valence-corrected chi connectivity index (χ4v) is 8.00. The van der Waals surface area contributed by atoms with Crippen LogP contribution in [0.15, 0.2) is 53.2 Å². The van der Waals surface area contributed by atoms with Crippen molar-refractivity contribution in [1.29, 1.82) is 0 Å². The molecule has 0 N–H and O–H groups in total. The van der Waals surface area contributed by atoms with Gasteiger partial charge in [0.2, 0.25) is 0 Å². The van der Waals surface area contributed by atoms with Crippen LogP contribution in [0.2, 0.25) is 0 Å². The summed E-state index contributed by atoms with van der Waals surface area (Å²) in [4.78, 5) is 14.5. The van der Waals surface area contributed by atoms with Crippen molar-refractivity contribution in [3.05, 3.63) is 82.2 Å². The lowest BCUT2D eigenvalue weighted by Crippen LogP contribution is -2.51. The van der Waals surface area contributed by atoms with Gasteiger partial charge in [-0.2, -0.15) is 17.9 Å². The molecule has 222 valence electrons. The number of nitrogens with zero attached hydrogens (tertiary/aromatic N) is 5. The quantitative estimate of drug-likeness (QED) is 0.293. The molecule has 0 radical (unpaired) electrons. The maximum Gasteiger partial charge on any atom is 0.410 e. The number of anilines is 1. The lowest BCUT2D eigenvalue weighted by molar-refractivity contribution is -0.217. The predicted molar refractivity (Wildman–Crippen MR) is 157 cm³/mol. The Kier molecular flexibility index (Phi) is 7.94. The highest BCUT2D eigenvalue weighted by molar-refractivity contribution is 7.91. The molecule has 3 aromatic rings. The Morgan fingerprint density at radius 2 is 1.81 bits per heavy atom. The number of hydrogen-bond acceptors (Lipinski definition) is 6. The summed E-state index contributed by atoms with van der Waals surface area (Å²) in [6, 6.07) is 11.1. The van der Waals surface area contributed by atoms with Crippen LogP contribution in [0.25, 0.3) is 0 Å². The van der Waals surface area contributed by atoms with E-state index < -0.39 is 28.2 Å². The molecule has 2 aliphatic carbocycles. The Bertz CT molecular complexity index is 1570. The van der Waals surface area contributed by atoms with Gasteiger partial charge in [0.05, 0.1) is 17.9 Å². The minimum atomic E-state index is -4.44. The third-order valence-electron chi connectivity index (χ3n) is 8.53.